The maximum Gasteiger partial charge on any atom is 0.0414 e. The Morgan fingerprint density at radius 2 is 1.41 bits per heavy atom. The van der Waals surface area contributed by atoms with Gasteiger partial charge in [-0.2, -0.15) is 0 Å². The van der Waals surface area contributed by atoms with Crippen LogP contribution in [0.1, 0.15) is 29.5 Å². The van der Waals surface area contributed by atoms with Gasteiger partial charge in [0.15, 0.2) is 0 Å². The van der Waals surface area contributed by atoms with Crippen LogP contribution in [0.25, 0.3) is 16.7 Å². The lowest BCUT2D eigenvalue weighted by Crippen LogP contribution is -1.84. The van der Waals surface area contributed by atoms with Crippen molar-refractivity contribution in [2.24, 2.45) is 0 Å². The zero-order valence-corrected chi connectivity index (χ0v) is 16.7. The molecule has 1 aliphatic carbocycles. The summed E-state index contributed by atoms with van der Waals surface area (Å²) in [5.74, 6) is 0. The third kappa shape index (κ3) is 5.70. The van der Waals surface area contributed by atoms with E-state index >= 15 is 0 Å². The molecule has 0 atom stereocenters. The predicted octanol–water partition coefficient (Wildman–Crippen LogP) is 8.04. The Kier molecular flexibility index (Phi) is 6.68. The van der Waals surface area contributed by atoms with Gasteiger partial charge in [-0.1, -0.05) is 96.1 Å². The molecule has 3 aromatic rings. The maximum atomic E-state index is 6.03. The number of hydrogen-bond donors (Lipinski definition) is 0. The van der Waals surface area contributed by atoms with E-state index in [9.17, 15) is 0 Å². The van der Waals surface area contributed by atoms with Crippen LogP contribution in [-0.4, -0.2) is 0 Å². The maximum absolute atomic E-state index is 6.03. The van der Waals surface area contributed by atoms with Gasteiger partial charge in [0.05, 0.1) is 0 Å². The fourth-order valence-corrected chi connectivity index (χ4v) is 3.40. The molecule has 4 rings (SSSR count). The third-order valence-electron chi connectivity index (χ3n) is 4.53. The molecule has 0 bridgehead atoms. The molecule has 3 aromatic carbocycles. The van der Waals surface area contributed by atoms with Crippen LogP contribution < -0.4 is 0 Å². The van der Waals surface area contributed by atoms with Crippen molar-refractivity contribution in [3.63, 3.8) is 0 Å². The molecule has 0 saturated heterocycles. The summed E-state index contributed by atoms with van der Waals surface area (Å²) in [6, 6.07) is 25.1. The van der Waals surface area contributed by atoms with Crippen LogP contribution >= 0.6 is 11.6 Å². The predicted molar refractivity (Wildman–Crippen MR) is 119 cm³/mol. The molecule has 1 aliphatic rings. The molecular weight excluding hydrogens is 348 g/mol. The smallest absolute Gasteiger partial charge is 0.0414 e. The standard InChI is InChI=1S/C14H13Cl.C12H12/c1-10-3-5-12(6-4-10)13-7-11(2)8-14(15)9-13;1-3-7-11(8-4-1)12-9-5-2-6-10-12/h3-9H,1-2H3;1,3-5,7-10H,2,6H2. The van der Waals surface area contributed by atoms with Crippen molar-refractivity contribution < 1.29 is 0 Å². The van der Waals surface area contributed by atoms with Gasteiger partial charge in [-0.3, -0.25) is 0 Å². The number of benzene rings is 3. The summed E-state index contributed by atoms with van der Waals surface area (Å²) in [5.41, 5.74) is 7.55. The van der Waals surface area contributed by atoms with Crippen molar-refractivity contribution >= 4 is 17.2 Å². The Balaban J connectivity index is 0.000000159. The average Bonchev–Trinajstić information content (AvgIpc) is 2.70. The van der Waals surface area contributed by atoms with E-state index < -0.39 is 0 Å². The van der Waals surface area contributed by atoms with E-state index in [1.54, 1.807) is 0 Å². The highest BCUT2D eigenvalue weighted by Crippen LogP contribution is 2.25. The number of hydrogen-bond acceptors (Lipinski definition) is 0. The first-order chi connectivity index (χ1) is 13.1. The summed E-state index contributed by atoms with van der Waals surface area (Å²) in [6.45, 7) is 4.15. The van der Waals surface area contributed by atoms with Gasteiger partial charge in [-0.15, -0.1) is 0 Å². The summed E-state index contributed by atoms with van der Waals surface area (Å²) in [7, 11) is 0. The molecule has 0 saturated carbocycles. The Morgan fingerprint density at radius 1 is 0.667 bits per heavy atom. The SMILES string of the molecule is C1=CC(c2ccccc2)=CCC1.Cc1ccc(-c2cc(C)cc(Cl)c2)cc1. The minimum Gasteiger partial charge on any atom is -0.0843 e. The summed E-state index contributed by atoms with van der Waals surface area (Å²) in [6.07, 6.45) is 9.12. The van der Waals surface area contributed by atoms with Gasteiger partial charge in [0, 0.05) is 5.02 Å². The van der Waals surface area contributed by atoms with Crippen molar-refractivity contribution in [1.82, 2.24) is 0 Å². The largest absolute Gasteiger partial charge is 0.0843 e. The minimum atomic E-state index is 0.797. The van der Waals surface area contributed by atoms with E-state index in [4.69, 9.17) is 11.6 Å². The van der Waals surface area contributed by atoms with Crippen LogP contribution in [0, 0.1) is 13.8 Å². The molecule has 0 spiro atoms. The van der Waals surface area contributed by atoms with Crippen molar-refractivity contribution in [2.45, 2.75) is 26.7 Å². The molecule has 0 nitrogen and oxygen atoms in total. The summed E-state index contributed by atoms with van der Waals surface area (Å²) in [5, 5.41) is 0.797. The second-order valence-electron chi connectivity index (χ2n) is 6.89. The first-order valence-corrected chi connectivity index (χ1v) is 9.76. The number of allylic oxidation sites excluding steroid dienone is 4. The molecule has 1 heteroatoms. The quantitative estimate of drug-likeness (QED) is 0.426. The first-order valence-electron chi connectivity index (χ1n) is 9.38. The Morgan fingerprint density at radius 3 is 2.04 bits per heavy atom. The second kappa shape index (κ2) is 9.39. The lowest BCUT2D eigenvalue weighted by molar-refractivity contribution is 1.04. The molecule has 0 fully saturated rings. The molecule has 0 heterocycles. The van der Waals surface area contributed by atoms with Gasteiger partial charge in [0.25, 0.3) is 0 Å². The molecule has 27 heavy (non-hydrogen) atoms. The fraction of sp³-hybridized carbons (Fsp3) is 0.154. The molecule has 0 unspecified atom stereocenters. The molecular formula is C26H25Cl. The van der Waals surface area contributed by atoms with Crippen LogP contribution in [0.5, 0.6) is 0 Å². The van der Waals surface area contributed by atoms with Gasteiger partial charge >= 0.3 is 0 Å². The Labute approximate surface area is 167 Å². The van der Waals surface area contributed by atoms with E-state index in [-0.39, 0.29) is 0 Å². The molecule has 136 valence electrons. The monoisotopic (exact) mass is 372 g/mol. The summed E-state index contributed by atoms with van der Waals surface area (Å²) < 4.78 is 0. The van der Waals surface area contributed by atoms with Crippen LogP contribution in [-0.2, 0) is 0 Å². The summed E-state index contributed by atoms with van der Waals surface area (Å²) in [4.78, 5) is 0. The van der Waals surface area contributed by atoms with E-state index in [0.717, 1.165) is 5.02 Å². The van der Waals surface area contributed by atoms with Crippen molar-refractivity contribution in [3.8, 4) is 11.1 Å². The van der Waals surface area contributed by atoms with Crippen LogP contribution in [0.3, 0.4) is 0 Å². The molecule has 0 aromatic heterocycles. The van der Waals surface area contributed by atoms with E-state index in [1.807, 2.05) is 12.1 Å². The van der Waals surface area contributed by atoms with E-state index in [2.05, 4.69) is 92.7 Å². The van der Waals surface area contributed by atoms with Crippen LogP contribution in [0.15, 0.2) is 91.0 Å². The second-order valence-corrected chi connectivity index (χ2v) is 7.32. The lowest BCUT2D eigenvalue weighted by Gasteiger charge is -2.05. The zero-order valence-electron chi connectivity index (χ0n) is 16.0. The van der Waals surface area contributed by atoms with Gasteiger partial charge < -0.3 is 0 Å². The molecule has 0 aliphatic heterocycles. The highest BCUT2D eigenvalue weighted by Gasteiger charge is 2.00. The summed E-state index contributed by atoms with van der Waals surface area (Å²) >= 11 is 6.03. The molecule has 0 N–H and O–H groups in total. The topological polar surface area (TPSA) is 0 Å². The van der Waals surface area contributed by atoms with Crippen molar-refractivity contribution in [3.05, 3.63) is 113 Å². The third-order valence-corrected chi connectivity index (χ3v) is 4.75. The van der Waals surface area contributed by atoms with Gasteiger partial charge in [-0.05, 0) is 66.6 Å². The van der Waals surface area contributed by atoms with Gasteiger partial charge in [-0.25, -0.2) is 0 Å². The van der Waals surface area contributed by atoms with E-state index in [0.29, 0.717) is 0 Å². The molecule has 0 amide bonds. The normalized spacial score (nSPS) is 12.8. The zero-order chi connectivity index (χ0) is 19.1. The lowest BCUT2D eigenvalue weighted by atomic mass is 10.00. The Bertz CT molecular complexity index is 911. The number of rotatable bonds is 2. The van der Waals surface area contributed by atoms with Gasteiger partial charge in [0.2, 0.25) is 0 Å². The van der Waals surface area contributed by atoms with Crippen molar-refractivity contribution in [2.75, 3.05) is 0 Å². The van der Waals surface area contributed by atoms with Crippen LogP contribution in [0.2, 0.25) is 5.02 Å². The highest BCUT2D eigenvalue weighted by atomic mass is 35.5. The fourth-order valence-electron chi connectivity index (χ4n) is 3.11. The average molecular weight is 373 g/mol. The van der Waals surface area contributed by atoms with E-state index in [1.165, 1.54) is 46.2 Å². The van der Waals surface area contributed by atoms with Crippen LogP contribution in [0.4, 0.5) is 0 Å². The Hall–Kier alpha value is -2.57. The van der Waals surface area contributed by atoms with Gasteiger partial charge in [0.1, 0.15) is 0 Å². The minimum absolute atomic E-state index is 0.797. The first kappa shape index (κ1) is 19.2. The highest BCUT2D eigenvalue weighted by molar-refractivity contribution is 6.30. The van der Waals surface area contributed by atoms with Crippen molar-refractivity contribution in [1.29, 1.82) is 0 Å². The number of aryl methyl sites for hydroxylation is 2. The molecule has 0 radical (unpaired) electrons. The number of halogens is 1.